The quantitative estimate of drug-likeness (QED) is 0.582. The molecule has 0 aliphatic carbocycles. The number of halogens is 1. The lowest BCUT2D eigenvalue weighted by Gasteiger charge is -2.04. The molecule has 0 unspecified atom stereocenters. The fourth-order valence-electron chi connectivity index (χ4n) is 2.57. The standard InChI is InChI=1S/C20H19ClN2O3S/c1-25-12-11-23-17-9-8-15(26-2)13-18(17)27-20(23)22-19(24)10-7-14-5-3-4-6-16(14)21/h3-10,13H,11-12H2,1-2H3. The highest BCUT2D eigenvalue weighted by Crippen LogP contribution is 2.23. The van der Waals surface area contributed by atoms with Crippen LogP contribution in [0.1, 0.15) is 5.56 Å². The number of ether oxygens (including phenoxy) is 2. The molecule has 0 fully saturated rings. The predicted molar refractivity (Wildman–Crippen MR) is 109 cm³/mol. The number of rotatable bonds is 6. The Morgan fingerprint density at radius 3 is 2.81 bits per heavy atom. The van der Waals surface area contributed by atoms with Gasteiger partial charge in [0.1, 0.15) is 5.75 Å². The highest BCUT2D eigenvalue weighted by Gasteiger charge is 2.08. The van der Waals surface area contributed by atoms with Crippen molar-refractivity contribution >= 4 is 45.1 Å². The minimum Gasteiger partial charge on any atom is -0.497 e. The van der Waals surface area contributed by atoms with E-state index in [1.807, 2.05) is 41.0 Å². The molecule has 3 aromatic rings. The first-order valence-electron chi connectivity index (χ1n) is 8.30. The zero-order valence-electron chi connectivity index (χ0n) is 15.0. The van der Waals surface area contributed by atoms with E-state index in [-0.39, 0.29) is 5.91 Å². The second kappa shape index (κ2) is 8.99. The molecule has 0 spiro atoms. The summed E-state index contributed by atoms with van der Waals surface area (Å²) in [5.74, 6) is 0.416. The molecule has 140 valence electrons. The Morgan fingerprint density at radius 1 is 1.26 bits per heavy atom. The molecule has 3 rings (SSSR count). The van der Waals surface area contributed by atoms with Gasteiger partial charge in [-0.2, -0.15) is 4.99 Å². The lowest BCUT2D eigenvalue weighted by atomic mass is 10.2. The van der Waals surface area contributed by atoms with Crippen molar-refractivity contribution in [2.75, 3.05) is 20.8 Å². The first-order chi connectivity index (χ1) is 13.1. The van der Waals surface area contributed by atoms with Crippen LogP contribution in [0.25, 0.3) is 16.3 Å². The Morgan fingerprint density at radius 2 is 2.07 bits per heavy atom. The number of thiazole rings is 1. The van der Waals surface area contributed by atoms with Crippen LogP contribution in [0.3, 0.4) is 0 Å². The van der Waals surface area contributed by atoms with Crippen LogP contribution in [0, 0.1) is 0 Å². The first-order valence-corrected chi connectivity index (χ1v) is 9.49. The number of hydrogen-bond donors (Lipinski definition) is 0. The largest absolute Gasteiger partial charge is 0.497 e. The summed E-state index contributed by atoms with van der Waals surface area (Å²) in [5.41, 5.74) is 1.76. The van der Waals surface area contributed by atoms with E-state index in [2.05, 4.69) is 4.99 Å². The van der Waals surface area contributed by atoms with Gasteiger partial charge in [-0.05, 0) is 35.9 Å². The van der Waals surface area contributed by atoms with E-state index in [9.17, 15) is 4.79 Å². The second-order valence-electron chi connectivity index (χ2n) is 5.67. The van der Waals surface area contributed by atoms with Gasteiger partial charge in [0, 0.05) is 24.8 Å². The zero-order chi connectivity index (χ0) is 19.2. The molecule has 27 heavy (non-hydrogen) atoms. The molecular formula is C20H19ClN2O3S. The summed E-state index contributed by atoms with van der Waals surface area (Å²) in [6.45, 7) is 1.12. The molecule has 1 heterocycles. The minimum atomic E-state index is -0.348. The maximum Gasteiger partial charge on any atom is 0.272 e. The molecule has 0 radical (unpaired) electrons. The summed E-state index contributed by atoms with van der Waals surface area (Å²) >= 11 is 7.55. The summed E-state index contributed by atoms with van der Waals surface area (Å²) in [7, 11) is 3.27. The van der Waals surface area contributed by atoms with Crippen LogP contribution < -0.4 is 9.54 Å². The van der Waals surface area contributed by atoms with Crippen molar-refractivity contribution in [1.82, 2.24) is 4.57 Å². The number of carbonyl (C=O) groups excluding carboxylic acids is 1. The molecule has 0 bridgehead atoms. The fourth-order valence-corrected chi connectivity index (χ4v) is 3.86. The van der Waals surface area contributed by atoms with E-state index in [1.165, 1.54) is 17.4 Å². The third-order valence-corrected chi connectivity index (χ3v) is 5.31. The number of benzene rings is 2. The number of amides is 1. The molecule has 0 atom stereocenters. The van der Waals surface area contributed by atoms with Gasteiger partial charge < -0.3 is 14.0 Å². The van der Waals surface area contributed by atoms with Gasteiger partial charge in [-0.15, -0.1) is 0 Å². The van der Waals surface area contributed by atoms with Crippen molar-refractivity contribution in [2.45, 2.75) is 6.54 Å². The van der Waals surface area contributed by atoms with Crippen LogP contribution in [0.2, 0.25) is 5.02 Å². The number of carbonyl (C=O) groups is 1. The highest BCUT2D eigenvalue weighted by molar-refractivity contribution is 7.16. The molecule has 0 aliphatic rings. The Labute approximate surface area is 166 Å². The number of aromatic nitrogens is 1. The Hall–Kier alpha value is -2.41. The third-order valence-electron chi connectivity index (χ3n) is 3.93. The van der Waals surface area contributed by atoms with Gasteiger partial charge in [0.25, 0.3) is 5.91 Å². The summed E-state index contributed by atoms with van der Waals surface area (Å²) in [6.07, 6.45) is 3.09. The first kappa shape index (κ1) is 19.4. The van der Waals surface area contributed by atoms with Gasteiger partial charge in [0.15, 0.2) is 4.80 Å². The topological polar surface area (TPSA) is 52.8 Å². The van der Waals surface area contributed by atoms with Crippen molar-refractivity contribution in [2.24, 2.45) is 4.99 Å². The maximum atomic E-state index is 12.4. The van der Waals surface area contributed by atoms with Crippen molar-refractivity contribution in [1.29, 1.82) is 0 Å². The summed E-state index contributed by atoms with van der Waals surface area (Å²) in [4.78, 5) is 17.2. The molecule has 0 aliphatic heterocycles. The second-order valence-corrected chi connectivity index (χ2v) is 7.08. The van der Waals surface area contributed by atoms with Crippen LogP contribution in [0.15, 0.2) is 53.5 Å². The summed E-state index contributed by atoms with van der Waals surface area (Å²) in [6, 6.07) is 13.1. The van der Waals surface area contributed by atoms with Gasteiger partial charge >= 0.3 is 0 Å². The van der Waals surface area contributed by atoms with E-state index in [4.69, 9.17) is 21.1 Å². The van der Waals surface area contributed by atoms with Gasteiger partial charge in [-0.1, -0.05) is 41.1 Å². The van der Waals surface area contributed by atoms with Gasteiger partial charge in [-0.3, -0.25) is 4.79 Å². The lowest BCUT2D eigenvalue weighted by molar-refractivity contribution is -0.113. The summed E-state index contributed by atoms with van der Waals surface area (Å²) < 4.78 is 13.4. The van der Waals surface area contributed by atoms with Crippen LogP contribution in [-0.2, 0) is 16.1 Å². The van der Waals surface area contributed by atoms with E-state index in [1.54, 1.807) is 26.4 Å². The van der Waals surface area contributed by atoms with E-state index in [0.29, 0.717) is 23.0 Å². The van der Waals surface area contributed by atoms with E-state index in [0.717, 1.165) is 21.5 Å². The predicted octanol–water partition coefficient (Wildman–Crippen LogP) is 4.15. The minimum absolute atomic E-state index is 0.348. The lowest BCUT2D eigenvalue weighted by Crippen LogP contribution is -2.18. The number of nitrogens with zero attached hydrogens (tertiary/aromatic N) is 2. The third kappa shape index (κ3) is 4.66. The molecular weight excluding hydrogens is 384 g/mol. The molecule has 0 saturated heterocycles. The zero-order valence-corrected chi connectivity index (χ0v) is 16.6. The average molecular weight is 403 g/mol. The Bertz CT molecular complexity index is 1050. The molecule has 5 nitrogen and oxygen atoms in total. The van der Waals surface area contributed by atoms with Crippen LogP contribution in [0.4, 0.5) is 0 Å². The van der Waals surface area contributed by atoms with Crippen molar-refractivity contribution in [3.05, 3.63) is 63.9 Å². The Kier molecular flexibility index (Phi) is 6.45. The number of hydrogen-bond acceptors (Lipinski definition) is 4. The SMILES string of the molecule is COCCn1c(=NC(=O)C=Cc2ccccc2Cl)sc2cc(OC)ccc21. The average Bonchev–Trinajstić information content (AvgIpc) is 3.01. The van der Waals surface area contributed by atoms with Crippen LogP contribution in [0.5, 0.6) is 5.75 Å². The molecule has 0 saturated carbocycles. The molecule has 0 N–H and O–H groups in total. The molecule has 7 heteroatoms. The Balaban J connectivity index is 1.98. The maximum absolute atomic E-state index is 12.4. The van der Waals surface area contributed by atoms with Crippen molar-refractivity contribution in [3.63, 3.8) is 0 Å². The van der Waals surface area contributed by atoms with E-state index < -0.39 is 0 Å². The monoisotopic (exact) mass is 402 g/mol. The number of fused-ring (bicyclic) bond motifs is 1. The van der Waals surface area contributed by atoms with Crippen LogP contribution >= 0.6 is 22.9 Å². The smallest absolute Gasteiger partial charge is 0.272 e. The fraction of sp³-hybridized carbons (Fsp3) is 0.200. The van der Waals surface area contributed by atoms with Crippen molar-refractivity contribution in [3.8, 4) is 5.75 Å². The van der Waals surface area contributed by atoms with E-state index >= 15 is 0 Å². The van der Waals surface area contributed by atoms with Crippen molar-refractivity contribution < 1.29 is 14.3 Å². The molecule has 2 aromatic carbocycles. The highest BCUT2D eigenvalue weighted by atomic mass is 35.5. The summed E-state index contributed by atoms with van der Waals surface area (Å²) in [5, 5.41) is 0.589. The van der Waals surface area contributed by atoms with Crippen LogP contribution in [-0.4, -0.2) is 31.3 Å². The van der Waals surface area contributed by atoms with Gasteiger partial charge in [0.2, 0.25) is 0 Å². The normalized spacial score (nSPS) is 12.2. The van der Waals surface area contributed by atoms with Gasteiger partial charge in [-0.25, -0.2) is 0 Å². The molecule has 1 amide bonds. The number of methoxy groups -OCH3 is 2. The molecule has 1 aromatic heterocycles. The van der Waals surface area contributed by atoms with Gasteiger partial charge in [0.05, 0.1) is 23.9 Å².